The Hall–Kier alpha value is -2.18. The lowest BCUT2D eigenvalue weighted by molar-refractivity contribution is -0.136. The summed E-state index contributed by atoms with van der Waals surface area (Å²) in [5, 5.41) is 8.92. The van der Waals surface area contributed by atoms with Crippen molar-refractivity contribution in [2.24, 2.45) is 0 Å². The van der Waals surface area contributed by atoms with Crippen LogP contribution < -0.4 is 9.64 Å². The molecule has 25 heavy (non-hydrogen) atoms. The predicted octanol–water partition coefficient (Wildman–Crippen LogP) is 3.15. The van der Waals surface area contributed by atoms with Gasteiger partial charge in [-0.2, -0.15) is 0 Å². The van der Waals surface area contributed by atoms with Crippen LogP contribution in [0.2, 0.25) is 0 Å². The third-order valence-corrected chi connectivity index (χ3v) is 5.25. The van der Waals surface area contributed by atoms with E-state index in [2.05, 4.69) is 21.3 Å². The number of carboxylic acids is 1. The first kappa shape index (κ1) is 17.6. The Balaban J connectivity index is 1.54. The highest BCUT2D eigenvalue weighted by Gasteiger charge is 2.18. The molecule has 0 spiro atoms. The summed E-state index contributed by atoms with van der Waals surface area (Å²) in [4.78, 5) is 14.3. The van der Waals surface area contributed by atoms with E-state index in [1.807, 2.05) is 36.4 Å². The van der Waals surface area contributed by atoms with Crippen molar-refractivity contribution in [3.63, 3.8) is 0 Å². The van der Waals surface area contributed by atoms with Crippen molar-refractivity contribution in [2.75, 3.05) is 38.2 Å². The maximum absolute atomic E-state index is 10.9. The zero-order valence-electron chi connectivity index (χ0n) is 14.2. The van der Waals surface area contributed by atoms with Crippen molar-refractivity contribution in [2.45, 2.75) is 11.3 Å². The van der Waals surface area contributed by atoms with Gasteiger partial charge < -0.3 is 14.7 Å². The summed E-state index contributed by atoms with van der Waals surface area (Å²) in [7, 11) is 1.68. The summed E-state index contributed by atoms with van der Waals surface area (Å²) in [6.07, 6.45) is 0.0691. The molecule has 1 aliphatic heterocycles. The molecule has 1 heterocycles. The lowest BCUT2D eigenvalue weighted by Crippen LogP contribution is -2.43. The normalized spacial score (nSPS) is 15.2. The highest BCUT2D eigenvalue weighted by molar-refractivity contribution is 7.97. The number of aliphatic carboxylic acids is 1. The minimum Gasteiger partial charge on any atom is -0.497 e. The van der Waals surface area contributed by atoms with E-state index in [4.69, 9.17) is 9.84 Å². The third-order valence-electron chi connectivity index (χ3n) is 4.16. The molecule has 0 amide bonds. The minimum absolute atomic E-state index is 0.0691. The van der Waals surface area contributed by atoms with Gasteiger partial charge in [-0.3, -0.25) is 4.79 Å². The molecule has 1 saturated heterocycles. The Morgan fingerprint density at radius 2 is 1.84 bits per heavy atom. The Labute approximate surface area is 152 Å². The van der Waals surface area contributed by atoms with Crippen molar-refractivity contribution in [1.82, 2.24) is 4.31 Å². The van der Waals surface area contributed by atoms with E-state index in [0.717, 1.165) is 42.4 Å². The molecule has 1 N–H and O–H groups in total. The fourth-order valence-electron chi connectivity index (χ4n) is 2.87. The number of hydrogen-bond donors (Lipinski definition) is 1. The second-order valence-electron chi connectivity index (χ2n) is 5.92. The smallest absolute Gasteiger partial charge is 0.307 e. The van der Waals surface area contributed by atoms with Gasteiger partial charge in [0.05, 0.1) is 13.5 Å². The summed E-state index contributed by atoms with van der Waals surface area (Å²) >= 11 is 1.70. The molecule has 2 aromatic carbocycles. The molecule has 0 radical (unpaired) electrons. The molecule has 5 nitrogen and oxygen atoms in total. The van der Waals surface area contributed by atoms with Crippen molar-refractivity contribution in [3.05, 3.63) is 54.1 Å². The van der Waals surface area contributed by atoms with Crippen molar-refractivity contribution in [3.8, 4) is 5.75 Å². The molecule has 0 aliphatic carbocycles. The second-order valence-corrected chi connectivity index (χ2v) is 7.09. The van der Waals surface area contributed by atoms with Crippen LogP contribution in [0.15, 0.2) is 53.4 Å². The van der Waals surface area contributed by atoms with Crippen molar-refractivity contribution < 1.29 is 14.6 Å². The van der Waals surface area contributed by atoms with E-state index in [9.17, 15) is 4.79 Å². The minimum atomic E-state index is -0.796. The van der Waals surface area contributed by atoms with E-state index in [-0.39, 0.29) is 6.42 Å². The van der Waals surface area contributed by atoms with Crippen LogP contribution in [0.4, 0.5) is 5.69 Å². The number of methoxy groups -OCH3 is 1. The fraction of sp³-hybridized carbons (Fsp3) is 0.316. The number of ether oxygens (including phenoxy) is 1. The number of anilines is 1. The number of nitrogens with zero attached hydrogens (tertiary/aromatic N) is 2. The molecule has 0 bridgehead atoms. The molecule has 2 aromatic rings. The van der Waals surface area contributed by atoms with Gasteiger partial charge in [0.2, 0.25) is 0 Å². The quantitative estimate of drug-likeness (QED) is 0.801. The molecular formula is C19H22N2O3S. The van der Waals surface area contributed by atoms with E-state index in [1.54, 1.807) is 19.1 Å². The largest absolute Gasteiger partial charge is 0.497 e. The highest BCUT2D eigenvalue weighted by Crippen LogP contribution is 2.27. The zero-order chi connectivity index (χ0) is 17.6. The van der Waals surface area contributed by atoms with Gasteiger partial charge in [0.15, 0.2) is 0 Å². The molecule has 132 valence electrons. The van der Waals surface area contributed by atoms with Crippen molar-refractivity contribution in [1.29, 1.82) is 0 Å². The molecule has 1 fully saturated rings. The van der Waals surface area contributed by atoms with Gasteiger partial charge in [0.1, 0.15) is 5.75 Å². The van der Waals surface area contributed by atoms with Crippen LogP contribution in [0.5, 0.6) is 5.75 Å². The Morgan fingerprint density at radius 3 is 2.48 bits per heavy atom. The Bertz CT molecular complexity index is 713. The van der Waals surface area contributed by atoms with Gasteiger partial charge in [-0.25, -0.2) is 4.31 Å². The third kappa shape index (κ3) is 4.90. The average molecular weight is 358 g/mol. The lowest BCUT2D eigenvalue weighted by Gasteiger charge is -2.35. The van der Waals surface area contributed by atoms with Crippen molar-refractivity contribution >= 4 is 23.6 Å². The monoisotopic (exact) mass is 358 g/mol. The van der Waals surface area contributed by atoms with E-state index in [1.165, 1.54) is 5.69 Å². The van der Waals surface area contributed by atoms with Gasteiger partial charge in [0.25, 0.3) is 0 Å². The maximum atomic E-state index is 10.9. The van der Waals surface area contributed by atoms with E-state index >= 15 is 0 Å². The maximum Gasteiger partial charge on any atom is 0.307 e. The number of carboxylic acid groups (broad SMARTS) is 1. The number of hydrogen-bond acceptors (Lipinski definition) is 5. The van der Waals surface area contributed by atoms with Gasteiger partial charge >= 0.3 is 5.97 Å². The van der Waals surface area contributed by atoms with Gasteiger partial charge in [-0.15, -0.1) is 0 Å². The van der Waals surface area contributed by atoms with Crippen LogP contribution in [0.25, 0.3) is 0 Å². The lowest BCUT2D eigenvalue weighted by atomic mass is 10.2. The predicted molar refractivity (Wildman–Crippen MR) is 100 cm³/mol. The Kier molecular flexibility index (Phi) is 5.83. The number of benzene rings is 2. The topological polar surface area (TPSA) is 53.0 Å². The SMILES string of the molecule is COc1ccc(N2CCN(Sc3cccc(CC(=O)O)c3)CC2)cc1. The molecular weight excluding hydrogens is 336 g/mol. The van der Waals surface area contributed by atoms with Crippen LogP contribution in [0.3, 0.4) is 0 Å². The zero-order valence-corrected chi connectivity index (χ0v) is 15.0. The van der Waals surface area contributed by atoms with Crippen LogP contribution in [0.1, 0.15) is 5.56 Å². The summed E-state index contributed by atoms with van der Waals surface area (Å²) < 4.78 is 7.54. The summed E-state index contributed by atoms with van der Waals surface area (Å²) in [5.74, 6) is 0.0782. The number of rotatable bonds is 6. The molecule has 0 saturated carbocycles. The van der Waals surface area contributed by atoms with Crippen LogP contribution in [0, 0.1) is 0 Å². The van der Waals surface area contributed by atoms with Crippen LogP contribution >= 0.6 is 11.9 Å². The molecule has 0 unspecified atom stereocenters. The van der Waals surface area contributed by atoms with E-state index in [0.29, 0.717) is 0 Å². The molecule has 0 atom stereocenters. The standard InChI is InChI=1S/C19H22N2O3S/c1-24-17-7-5-16(6-8-17)20-9-11-21(12-10-20)25-18-4-2-3-15(13-18)14-19(22)23/h2-8,13H,9-12,14H2,1H3,(H,22,23). The highest BCUT2D eigenvalue weighted by atomic mass is 32.2. The summed E-state index contributed by atoms with van der Waals surface area (Å²) in [5.41, 5.74) is 2.06. The van der Waals surface area contributed by atoms with Gasteiger partial charge in [-0.1, -0.05) is 12.1 Å². The molecule has 3 rings (SSSR count). The first-order valence-electron chi connectivity index (χ1n) is 8.27. The van der Waals surface area contributed by atoms with E-state index < -0.39 is 5.97 Å². The second kappa shape index (κ2) is 8.27. The number of piperazine rings is 1. The van der Waals surface area contributed by atoms with Crippen LogP contribution in [-0.2, 0) is 11.2 Å². The first-order valence-corrected chi connectivity index (χ1v) is 9.04. The van der Waals surface area contributed by atoms with Gasteiger partial charge in [-0.05, 0) is 53.9 Å². The Morgan fingerprint density at radius 1 is 1.12 bits per heavy atom. The fourth-order valence-corrected chi connectivity index (χ4v) is 3.85. The summed E-state index contributed by atoms with van der Waals surface area (Å²) in [6, 6.07) is 16.0. The molecule has 6 heteroatoms. The number of carbonyl (C=O) groups is 1. The van der Waals surface area contributed by atoms with Gasteiger partial charge in [0, 0.05) is 36.8 Å². The average Bonchev–Trinajstić information content (AvgIpc) is 2.62. The first-order chi connectivity index (χ1) is 12.1. The summed E-state index contributed by atoms with van der Waals surface area (Å²) in [6.45, 7) is 3.85. The van der Waals surface area contributed by atoms with Crippen LogP contribution in [-0.4, -0.2) is 48.7 Å². The molecule has 0 aromatic heterocycles. The molecule has 1 aliphatic rings.